The number of hydrogen-bond acceptors (Lipinski definition) is 3. The second-order valence-corrected chi connectivity index (χ2v) is 10.1. The number of rotatable bonds is 6. The lowest BCUT2D eigenvalue weighted by Gasteiger charge is -2.57. The van der Waals surface area contributed by atoms with Gasteiger partial charge in [-0.25, -0.2) is 0 Å². The van der Waals surface area contributed by atoms with Crippen molar-refractivity contribution < 1.29 is 14.6 Å². The minimum Gasteiger partial charge on any atom is -0.508 e. The maximum Gasteiger partial charge on any atom is 0.305 e. The molecule has 0 aliphatic heterocycles. The topological polar surface area (TPSA) is 46.5 Å². The van der Waals surface area contributed by atoms with E-state index in [1.165, 1.54) is 56.8 Å². The highest BCUT2D eigenvalue weighted by Gasteiger charge is 2.51. The average molecular weight is 405 g/mol. The highest BCUT2D eigenvalue weighted by atomic mass is 16.5. The zero-order valence-electron chi connectivity index (χ0n) is 17.9. The Hall–Kier alpha value is -2.29. The molecule has 0 heterocycles. The summed E-state index contributed by atoms with van der Waals surface area (Å²) in [7, 11) is 1.43. The van der Waals surface area contributed by atoms with Crippen LogP contribution in [0.2, 0.25) is 0 Å². The Morgan fingerprint density at radius 2 is 1.57 bits per heavy atom. The summed E-state index contributed by atoms with van der Waals surface area (Å²) in [4.78, 5) is 11.3. The molecule has 4 fully saturated rings. The summed E-state index contributed by atoms with van der Waals surface area (Å²) in [6.07, 6.45) is 10.2. The van der Waals surface area contributed by atoms with Crippen LogP contribution in [0.4, 0.5) is 0 Å². The van der Waals surface area contributed by atoms with Crippen molar-refractivity contribution in [3.63, 3.8) is 0 Å². The summed E-state index contributed by atoms with van der Waals surface area (Å²) in [6, 6.07) is 14.8. The number of carbonyl (C=O) groups is 1. The first kappa shape index (κ1) is 19.7. The molecule has 0 unspecified atom stereocenters. The van der Waals surface area contributed by atoms with Gasteiger partial charge in [0.05, 0.1) is 7.11 Å². The van der Waals surface area contributed by atoms with E-state index in [1.54, 1.807) is 0 Å². The predicted octanol–water partition coefficient (Wildman–Crippen LogP) is 5.56. The highest BCUT2D eigenvalue weighted by molar-refractivity contribution is 5.69. The normalized spacial score (nSPS) is 29.2. The molecule has 0 radical (unpaired) electrons. The van der Waals surface area contributed by atoms with E-state index in [1.807, 2.05) is 6.07 Å². The fraction of sp³-hybridized carbons (Fsp3) is 0.519. The van der Waals surface area contributed by atoms with Crippen LogP contribution in [0.25, 0.3) is 0 Å². The summed E-state index contributed by atoms with van der Waals surface area (Å²) < 4.78 is 4.72. The maximum absolute atomic E-state index is 11.3. The van der Waals surface area contributed by atoms with Gasteiger partial charge in [-0.1, -0.05) is 36.4 Å². The number of ether oxygens (including phenoxy) is 1. The van der Waals surface area contributed by atoms with Crippen molar-refractivity contribution in [1.82, 2.24) is 0 Å². The Morgan fingerprint density at radius 1 is 0.967 bits per heavy atom. The van der Waals surface area contributed by atoms with Crippen molar-refractivity contribution in [2.45, 2.75) is 63.2 Å². The molecular weight excluding hydrogens is 372 g/mol. The van der Waals surface area contributed by atoms with Crippen LogP contribution in [0.15, 0.2) is 42.5 Å². The Morgan fingerprint density at radius 3 is 2.17 bits per heavy atom. The number of hydrogen-bond donors (Lipinski definition) is 1. The van der Waals surface area contributed by atoms with Crippen LogP contribution in [-0.2, 0) is 27.8 Å². The lowest BCUT2D eigenvalue weighted by Crippen LogP contribution is -2.48. The van der Waals surface area contributed by atoms with Gasteiger partial charge >= 0.3 is 5.97 Å². The summed E-state index contributed by atoms with van der Waals surface area (Å²) in [6.45, 7) is 0. The zero-order chi connectivity index (χ0) is 20.7. The first-order chi connectivity index (χ1) is 14.5. The third-order valence-electron chi connectivity index (χ3n) is 7.99. The first-order valence-electron chi connectivity index (χ1n) is 11.5. The molecule has 30 heavy (non-hydrogen) atoms. The van der Waals surface area contributed by atoms with E-state index in [9.17, 15) is 9.90 Å². The van der Waals surface area contributed by atoms with E-state index in [4.69, 9.17) is 4.74 Å². The number of aryl methyl sites for hydroxylation is 1. The molecule has 3 heteroatoms. The van der Waals surface area contributed by atoms with Crippen molar-refractivity contribution >= 4 is 5.97 Å². The van der Waals surface area contributed by atoms with Crippen LogP contribution in [-0.4, -0.2) is 18.2 Å². The van der Waals surface area contributed by atoms with Crippen LogP contribution in [0.3, 0.4) is 0 Å². The Labute approximate surface area is 179 Å². The lowest BCUT2D eigenvalue weighted by molar-refractivity contribution is -0.140. The molecule has 4 aliphatic rings. The fourth-order valence-corrected chi connectivity index (χ4v) is 6.91. The van der Waals surface area contributed by atoms with Crippen molar-refractivity contribution in [1.29, 1.82) is 0 Å². The van der Waals surface area contributed by atoms with Gasteiger partial charge in [-0.05, 0) is 96.4 Å². The molecule has 4 saturated carbocycles. The van der Waals surface area contributed by atoms with Gasteiger partial charge in [0.25, 0.3) is 0 Å². The minimum atomic E-state index is -0.175. The van der Waals surface area contributed by atoms with E-state index in [0.29, 0.717) is 24.0 Å². The SMILES string of the molecule is COC(=O)CCc1ccc(Cc2cc(C34CC5CC(CC(C5)C3)C4)ccc2O)cc1. The summed E-state index contributed by atoms with van der Waals surface area (Å²) in [5.41, 5.74) is 5.18. The van der Waals surface area contributed by atoms with E-state index in [0.717, 1.165) is 35.3 Å². The van der Waals surface area contributed by atoms with Gasteiger partial charge in [0.15, 0.2) is 0 Å². The fourth-order valence-electron chi connectivity index (χ4n) is 6.91. The molecule has 0 spiro atoms. The number of phenolic OH excluding ortho intramolecular Hbond substituents is 1. The Balaban J connectivity index is 1.33. The van der Waals surface area contributed by atoms with Crippen molar-refractivity contribution in [2.75, 3.05) is 7.11 Å². The molecular formula is C27H32O3. The van der Waals surface area contributed by atoms with Gasteiger partial charge in [0, 0.05) is 12.8 Å². The van der Waals surface area contributed by atoms with Crippen LogP contribution in [0.1, 0.15) is 67.2 Å². The van der Waals surface area contributed by atoms with Crippen LogP contribution >= 0.6 is 0 Å². The molecule has 158 valence electrons. The van der Waals surface area contributed by atoms with Crippen LogP contribution in [0, 0.1) is 17.8 Å². The van der Waals surface area contributed by atoms with Gasteiger partial charge in [0.2, 0.25) is 0 Å². The van der Waals surface area contributed by atoms with Crippen LogP contribution < -0.4 is 0 Å². The number of carbonyl (C=O) groups excluding carboxylic acids is 1. The average Bonchev–Trinajstić information content (AvgIpc) is 2.73. The minimum absolute atomic E-state index is 0.175. The third-order valence-corrected chi connectivity index (χ3v) is 7.99. The lowest BCUT2D eigenvalue weighted by atomic mass is 9.48. The Kier molecular flexibility index (Phi) is 5.08. The van der Waals surface area contributed by atoms with Gasteiger partial charge in [0.1, 0.15) is 5.75 Å². The molecule has 2 aromatic carbocycles. The second kappa shape index (κ2) is 7.76. The van der Waals surface area contributed by atoms with E-state index < -0.39 is 0 Å². The van der Waals surface area contributed by atoms with Crippen molar-refractivity contribution in [3.05, 3.63) is 64.7 Å². The zero-order valence-corrected chi connectivity index (χ0v) is 17.9. The molecule has 4 bridgehead atoms. The standard InChI is InChI=1S/C27H32O3/c1-30-26(29)9-6-18-2-4-19(5-3-18)13-23-14-24(7-8-25(23)28)27-15-20-10-21(16-27)12-22(11-20)17-27/h2-5,7-8,14,20-22,28H,6,9-13,15-17H2,1H3. The largest absolute Gasteiger partial charge is 0.508 e. The molecule has 1 N–H and O–H groups in total. The molecule has 0 saturated heterocycles. The molecule has 6 rings (SSSR count). The predicted molar refractivity (Wildman–Crippen MR) is 118 cm³/mol. The molecule has 0 atom stereocenters. The third kappa shape index (κ3) is 3.75. The Bertz CT molecular complexity index is 892. The quantitative estimate of drug-likeness (QED) is 0.642. The number of esters is 1. The van der Waals surface area contributed by atoms with E-state index in [2.05, 4.69) is 36.4 Å². The summed E-state index contributed by atoms with van der Waals surface area (Å²) in [5, 5.41) is 10.6. The van der Waals surface area contributed by atoms with E-state index in [-0.39, 0.29) is 5.97 Å². The smallest absolute Gasteiger partial charge is 0.305 e. The van der Waals surface area contributed by atoms with Crippen molar-refractivity contribution in [2.24, 2.45) is 17.8 Å². The highest BCUT2D eigenvalue weighted by Crippen LogP contribution is 2.60. The second-order valence-electron chi connectivity index (χ2n) is 10.1. The van der Waals surface area contributed by atoms with E-state index >= 15 is 0 Å². The maximum atomic E-state index is 11.3. The molecule has 3 nitrogen and oxygen atoms in total. The molecule has 0 amide bonds. The summed E-state index contributed by atoms with van der Waals surface area (Å²) >= 11 is 0. The number of aromatic hydroxyl groups is 1. The monoisotopic (exact) mass is 404 g/mol. The summed E-state index contributed by atoms with van der Waals surface area (Å²) in [5.74, 6) is 2.99. The van der Waals surface area contributed by atoms with Gasteiger partial charge in [-0.15, -0.1) is 0 Å². The molecule has 4 aliphatic carbocycles. The van der Waals surface area contributed by atoms with Gasteiger partial charge in [-0.3, -0.25) is 4.79 Å². The number of benzene rings is 2. The van der Waals surface area contributed by atoms with Gasteiger partial charge in [-0.2, -0.15) is 0 Å². The van der Waals surface area contributed by atoms with Crippen molar-refractivity contribution in [3.8, 4) is 5.75 Å². The van der Waals surface area contributed by atoms with Gasteiger partial charge < -0.3 is 9.84 Å². The number of phenols is 1. The number of methoxy groups -OCH3 is 1. The van der Waals surface area contributed by atoms with Crippen LogP contribution in [0.5, 0.6) is 5.75 Å². The molecule has 0 aromatic heterocycles. The first-order valence-corrected chi connectivity index (χ1v) is 11.5. The molecule has 2 aromatic rings.